The molecule has 0 saturated carbocycles. The minimum Gasteiger partial charge on any atom is -0.481 e. The van der Waals surface area contributed by atoms with E-state index in [9.17, 15) is 18.0 Å². The van der Waals surface area contributed by atoms with Crippen LogP contribution < -0.4 is 10.1 Å². The van der Waals surface area contributed by atoms with Crippen molar-refractivity contribution < 1.29 is 22.7 Å². The van der Waals surface area contributed by atoms with Gasteiger partial charge in [0.2, 0.25) is 0 Å². The number of carbonyl (C=O) groups excluding carboxylic acids is 1. The quantitative estimate of drug-likeness (QED) is 0.590. The molecule has 0 bridgehead atoms. The van der Waals surface area contributed by atoms with Crippen molar-refractivity contribution in [3.05, 3.63) is 94.0 Å². The molecule has 5 rings (SSSR count). The molecular weight excluding hydrogens is 403 g/mol. The molecule has 0 saturated heterocycles. The molecule has 3 aromatic rings. The van der Waals surface area contributed by atoms with Gasteiger partial charge in [-0.1, -0.05) is 48.5 Å². The average Bonchev–Trinajstić information content (AvgIpc) is 2.90. The predicted octanol–water partition coefficient (Wildman–Crippen LogP) is 5.51. The van der Waals surface area contributed by atoms with Crippen molar-refractivity contribution in [1.82, 2.24) is 0 Å². The second-order valence-electron chi connectivity index (χ2n) is 8.01. The van der Waals surface area contributed by atoms with Crippen LogP contribution >= 0.6 is 0 Å². The van der Waals surface area contributed by atoms with E-state index in [1.54, 1.807) is 6.07 Å². The van der Waals surface area contributed by atoms with Crippen molar-refractivity contribution in [1.29, 1.82) is 0 Å². The van der Waals surface area contributed by atoms with Crippen molar-refractivity contribution in [3.63, 3.8) is 0 Å². The lowest BCUT2D eigenvalue weighted by Crippen LogP contribution is -2.27. The van der Waals surface area contributed by atoms with Gasteiger partial charge in [0.15, 0.2) is 12.4 Å². The molecule has 0 radical (unpaired) electrons. The van der Waals surface area contributed by atoms with E-state index >= 15 is 0 Å². The largest absolute Gasteiger partial charge is 0.481 e. The highest BCUT2D eigenvalue weighted by molar-refractivity contribution is 5.96. The van der Waals surface area contributed by atoms with Crippen LogP contribution in [0.2, 0.25) is 0 Å². The maximum absolute atomic E-state index is 13.8. The fourth-order valence-corrected chi connectivity index (χ4v) is 4.69. The molecule has 0 spiro atoms. The summed E-state index contributed by atoms with van der Waals surface area (Å²) >= 11 is 0. The lowest BCUT2D eigenvalue weighted by Gasteiger charge is -2.25. The van der Waals surface area contributed by atoms with Gasteiger partial charge in [-0.15, -0.1) is 0 Å². The van der Waals surface area contributed by atoms with Gasteiger partial charge in [-0.25, -0.2) is 0 Å². The average molecular weight is 423 g/mol. The standard InChI is InChI=1S/C25H20F3NO2/c26-25(27,28)21-12-15(13-22-24(21)31-14-23(30)29-22)11-20-18-7-3-1-5-16(18)9-10-17-6-2-4-8-19(17)20/h1-8,12-13,20H,9-11,14H2,(H,29,30). The number of anilines is 1. The highest BCUT2D eigenvalue weighted by Gasteiger charge is 2.38. The Labute approximate surface area is 177 Å². The summed E-state index contributed by atoms with van der Waals surface area (Å²) in [7, 11) is 0. The maximum atomic E-state index is 13.8. The first-order valence-electron chi connectivity index (χ1n) is 10.2. The Balaban J connectivity index is 1.63. The van der Waals surface area contributed by atoms with E-state index in [1.165, 1.54) is 11.1 Å². The third-order valence-electron chi connectivity index (χ3n) is 6.04. The summed E-state index contributed by atoms with van der Waals surface area (Å²) in [6.07, 6.45) is -2.40. The molecule has 0 atom stereocenters. The second kappa shape index (κ2) is 7.45. The zero-order chi connectivity index (χ0) is 21.6. The summed E-state index contributed by atoms with van der Waals surface area (Å²) in [5.74, 6) is -0.838. The van der Waals surface area contributed by atoms with E-state index in [-0.39, 0.29) is 17.4 Å². The third-order valence-corrected chi connectivity index (χ3v) is 6.04. The Kier molecular flexibility index (Phi) is 4.73. The van der Waals surface area contributed by atoms with Crippen LogP contribution in [0.4, 0.5) is 18.9 Å². The highest BCUT2D eigenvalue weighted by Crippen LogP contribution is 2.44. The van der Waals surface area contributed by atoms with E-state index in [2.05, 4.69) is 29.6 Å². The Morgan fingerprint density at radius 2 is 1.55 bits per heavy atom. The minimum atomic E-state index is -4.58. The lowest BCUT2D eigenvalue weighted by molar-refractivity contribution is -0.139. The SMILES string of the molecule is O=C1COc2c(cc(CC3c4ccccc4CCc4ccccc43)cc2C(F)(F)F)N1. The second-order valence-corrected chi connectivity index (χ2v) is 8.01. The first-order valence-corrected chi connectivity index (χ1v) is 10.2. The molecule has 0 fully saturated rings. The number of hydrogen-bond donors (Lipinski definition) is 1. The Morgan fingerprint density at radius 1 is 0.935 bits per heavy atom. The molecule has 3 aromatic carbocycles. The molecule has 1 amide bonds. The third kappa shape index (κ3) is 3.67. The van der Waals surface area contributed by atoms with Crippen LogP contribution in [0.3, 0.4) is 0 Å². The van der Waals surface area contributed by atoms with E-state index in [1.807, 2.05) is 24.3 Å². The number of ether oxygens (including phenoxy) is 1. The summed E-state index contributed by atoms with van der Waals surface area (Å²) in [4.78, 5) is 11.7. The summed E-state index contributed by atoms with van der Waals surface area (Å²) < 4.78 is 46.5. The Morgan fingerprint density at radius 3 is 2.16 bits per heavy atom. The van der Waals surface area contributed by atoms with Crippen molar-refractivity contribution >= 4 is 11.6 Å². The predicted molar refractivity (Wildman–Crippen MR) is 111 cm³/mol. The molecule has 31 heavy (non-hydrogen) atoms. The molecule has 6 heteroatoms. The molecule has 2 aliphatic rings. The van der Waals surface area contributed by atoms with Crippen molar-refractivity contribution in [2.75, 3.05) is 11.9 Å². The number of nitrogens with one attached hydrogen (secondary N) is 1. The fourth-order valence-electron chi connectivity index (χ4n) is 4.69. The van der Waals surface area contributed by atoms with Gasteiger partial charge < -0.3 is 10.1 Å². The molecular formula is C25H20F3NO2. The number of aryl methyl sites for hydroxylation is 2. The van der Waals surface area contributed by atoms with Crippen LogP contribution in [0.1, 0.15) is 39.3 Å². The number of benzene rings is 3. The van der Waals surface area contributed by atoms with Crippen LogP contribution in [0, 0.1) is 0 Å². The number of amides is 1. The number of rotatable bonds is 2. The first kappa shape index (κ1) is 19.7. The topological polar surface area (TPSA) is 38.3 Å². The smallest absolute Gasteiger partial charge is 0.420 e. The maximum Gasteiger partial charge on any atom is 0.420 e. The van der Waals surface area contributed by atoms with Gasteiger partial charge >= 0.3 is 6.18 Å². The number of halogens is 3. The minimum absolute atomic E-state index is 0.0748. The van der Waals surface area contributed by atoms with Gasteiger partial charge in [-0.05, 0) is 59.2 Å². The summed E-state index contributed by atoms with van der Waals surface area (Å²) in [5.41, 5.74) is 4.45. The van der Waals surface area contributed by atoms with E-state index < -0.39 is 24.3 Å². The molecule has 1 N–H and O–H groups in total. The molecule has 1 heterocycles. The van der Waals surface area contributed by atoms with E-state index in [0.717, 1.165) is 30.0 Å². The first-order chi connectivity index (χ1) is 14.9. The van der Waals surface area contributed by atoms with Gasteiger partial charge in [0.1, 0.15) is 0 Å². The van der Waals surface area contributed by atoms with Crippen LogP contribution in [0.15, 0.2) is 60.7 Å². The lowest BCUT2D eigenvalue weighted by atomic mass is 9.83. The zero-order valence-electron chi connectivity index (χ0n) is 16.6. The van der Waals surface area contributed by atoms with E-state index in [4.69, 9.17) is 4.74 Å². The van der Waals surface area contributed by atoms with Gasteiger partial charge in [-0.3, -0.25) is 4.79 Å². The van der Waals surface area contributed by atoms with Crippen LogP contribution in [0.25, 0.3) is 0 Å². The van der Waals surface area contributed by atoms with Crippen LogP contribution in [0.5, 0.6) is 5.75 Å². The molecule has 1 aliphatic heterocycles. The number of carbonyl (C=O) groups is 1. The summed E-state index contributed by atoms with van der Waals surface area (Å²) in [5, 5.41) is 2.54. The fraction of sp³-hybridized carbons (Fsp3) is 0.240. The number of hydrogen-bond acceptors (Lipinski definition) is 2. The normalized spacial score (nSPS) is 15.8. The molecule has 1 aliphatic carbocycles. The van der Waals surface area contributed by atoms with Gasteiger partial charge in [0.25, 0.3) is 5.91 Å². The van der Waals surface area contributed by atoms with E-state index in [0.29, 0.717) is 12.0 Å². The van der Waals surface area contributed by atoms with Crippen molar-refractivity contribution in [2.24, 2.45) is 0 Å². The van der Waals surface area contributed by atoms with Crippen molar-refractivity contribution in [2.45, 2.75) is 31.4 Å². The van der Waals surface area contributed by atoms with Crippen LogP contribution in [-0.4, -0.2) is 12.5 Å². The monoisotopic (exact) mass is 423 g/mol. The number of fused-ring (bicyclic) bond motifs is 3. The van der Waals surface area contributed by atoms with Gasteiger partial charge in [0, 0.05) is 5.92 Å². The number of alkyl halides is 3. The van der Waals surface area contributed by atoms with Gasteiger partial charge in [0.05, 0.1) is 11.3 Å². The molecule has 0 aromatic heterocycles. The molecule has 3 nitrogen and oxygen atoms in total. The highest BCUT2D eigenvalue weighted by atomic mass is 19.4. The zero-order valence-corrected chi connectivity index (χ0v) is 16.6. The summed E-state index contributed by atoms with van der Waals surface area (Å²) in [6.45, 7) is -0.418. The van der Waals surface area contributed by atoms with Gasteiger partial charge in [-0.2, -0.15) is 13.2 Å². The molecule has 158 valence electrons. The van der Waals surface area contributed by atoms with Crippen molar-refractivity contribution in [3.8, 4) is 5.75 Å². The van der Waals surface area contributed by atoms with Crippen LogP contribution in [-0.2, 0) is 30.2 Å². The summed E-state index contributed by atoms with van der Waals surface area (Å²) in [6, 6.07) is 19.0. The molecule has 0 unspecified atom stereocenters. The Hall–Kier alpha value is -3.28. The Bertz CT molecular complexity index is 1120.